The van der Waals surface area contributed by atoms with Gasteiger partial charge in [0.05, 0.1) is 6.26 Å². The van der Waals surface area contributed by atoms with Crippen LogP contribution in [0.2, 0.25) is 0 Å². The van der Waals surface area contributed by atoms with E-state index in [2.05, 4.69) is 24.4 Å². The van der Waals surface area contributed by atoms with Crippen LogP contribution < -0.4 is 5.32 Å². The van der Waals surface area contributed by atoms with Crippen molar-refractivity contribution in [2.75, 3.05) is 26.4 Å². The Hall–Kier alpha value is -1.40. The number of carbonyl (C=O) groups excluding carboxylic acids is 1. The molecule has 0 radical (unpaired) electrons. The molecule has 1 amide bonds. The highest BCUT2D eigenvalue weighted by Crippen LogP contribution is 2.12. The van der Waals surface area contributed by atoms with E-state index in [9.17, 15) is 13.2 Å². The fourth-order valence-corrected chi connectivity index (χ4v) is 2.70. The zero-order valence-electron chi connectivity index (χ0n) is 14.3. The molecule has 1 atom stereocenters. The van der Waals surface area contributed by atoms with Crippen molar-refractivity contribution < 1.29 is 13.2 Å². The monoisotopic (exact) mass is 340 g/mol. The second-order valence-corrected chi connectivity index (χ2v) is 8.21. The van der Waals surface area contributed by atoms with E-state index < -0.39 is 10.0 Å². The predicted octanol–water partition coefficient (Wildman–Crippen LogP) is 2.04. The number of rotatable bonds is 10. The summed E-state index contributed by atoms with van der Waals surface area (Å²) in [6.45, 7) is 3.01. The number of aryl methyl sites for hydroxylation is 1. The van der Waals surface area contributed by atoms with Gasteiger partial charge < -0.3 is 5.32 Å². The number of nitrogens with one attached hydrogen (secondary N) is 1. The van der Waals surface area contributed by atoms with Crippen LogP contribution in [0, 0.1) is 5.92 Å². The molecule has 0 heterocycles. The van der Waals surface area contributed by atoms with Gasteiger partial charge in [-0.1, -0.05) is 37.3 Å². The van der Waals surface area contributed by atoms with Crippen LogP contribution in [-0.4, -0.2) is 45.0 Å². The van der Waals surface area contributed by atoms with E-state index in [4.69, 9.17) is 0 Å². The first-order valence-corrected chi connectivity index (χ1v) is 9.86. The van der Waals surface area contributed by atoms with Crippen molar-refractivity contribution in [2.24, 2.45) is 5.92 Å². The van der Waals surface area contributed by atoms with Crippen LogP contribution in [-0.2, 0) is 21.2 Å². The zero-order chi connectivity index (χ0) is 17.3. The average molecular weight is 340 g/mol. The maximum absolute atomic E-state index is 11.9. The SMILES string of the molecule is C[C@H](CCc1ccccc1)CC(=O)NCCCN(C)S(C)(=O)=O. The largest absolute Gasteiger partial charge is 0.356 e. The summed E-state index contributed by atoms with van der Waals surface area (Å²) in [7, 11) is -1.59. The summed E-state index contributed by atoms with van der Waals surface area (Å²) in [5.41, 5.74) is 1.29. The van der Waals surface area contributed by atoms with E-state index >= 15 is 0 Å². The second kappa shape index (κ2) is 9.67. The molecule has 0 bridgehead atoms. The first-order valence-electron chi connectivity index (χ1n) is 8.01. The summed E-state index contributed by atoms with van der Waals surface area (Å²) in [5.74, 6) is 0.362. The Kier molecular flexibility index (Phi) is 8.26. The van der Waals surface area contributed by atoms with Crippen LogP contribution in [0.15, 0.2) is 30.3 Å². The summed E-state index contributed by atoms with van der Waals surface area (Å²) in [6, 6.07) is 10.3. The van der Waals surface area contributed by atoms with Gasteiger partial charge in [0.15, 0.2) is 0 Å². The number of benzene rings is 1. The molecular formula is C17H28N2O3S. The highest BCUT2D eigenvalue weighted by atomic mass is 32.2. The van der Waals surface area contributed by atoms with E-state index in [1.165, 1.54) is 16.1 Å². The molecule has 0 aliphatic heterocycles. The molecule has 130 valence electrons. The molecule has 0 aliphatic carbocycles. The van der Waals surface area contributed by atoms with E-state index in [1.54, 1.807) is 7.05 Å². The highest BCUT2D eigenvalue weighted by molar-refractivity contribution is 7.88. The lowest BCUT2D eigenvalue weighted by molar-refractivity contribution is -0.121. The van der Waals surface area contributed by atoms with Gasteiger partial charge in [0.1, 0.15) is 0 Å². The summed E-state index contributed by atoms with van der Waals surface area (Å²) < 4.78 is 23.8. The molecule has 0 aliphatic rings. The topological polar surface area (TPSA) is 66.5 Å². The minimum absolute atomic E-state index is 0.0348. The van der Waals surface area contributed by atoms with Gasteiger partial charge in [-0.2, -0.15) is 0 Å². The normalized spacial score (nSPS) is 13.0. The van der Waals surface area contributed by atoms with Crippen LogP contribution >= 0.6 is 0 Å². The van der Waals surface area contributed by atoms with Crippen LogP contribution in [0.3, 0.4) is 0 Å². The Morgan fingerprint density at radius 2 is 1.91 bits per heavy atom. The van der Waals surface area contributed by atoms with E-state index in [1.807, 2.05) is 18.2 Å². The fraction of sp³-hybridized carbons (Fsp3) is 0.588. The van der Waals surface area contributed by atoms with E-state index in [0.29, 0.717) is 31.8 Å². The lowest BCUT2D eigenvalue weighted by atomic mass is 9.98. The Bertz CT molecular complexity index is 573. The third-order valence-corrected chi connectivity index (χ3v) is 5.16. The lowest BCUT2D eigenvalue weighted by Gasteiger charge is -2.15. The van der Waals surface area contributed by atoms with Crippen LogP contribution in [0.5, 0.6) is 0 Å². The Labute approximate surface area is 140 Å². The molecule has 5 nitrogen and oxygen atoms in total. The molecule has 0 saturated heterocycles. The quantitative estimate of drug-likeness (QED) is 0.663. The van der Waals surface area contributed by atoms with Gasteiger partial charge in [-0.05, 0) is 30.7 Å². The molecule has 1 aromatic carbocycles. The van der Waals surface area contributed by atoms with Gasteiger partial charge in [-0.15, -0.1) is 0 Å². The molecule has 0 aromatic heterocycles. The van der Waals surface area contributed by atoms with Gasteiger partial charge in [0.25, 0.3) is 0 Å². The predicted molar refractivity (Wildman–Crippen MR) is 93.6 cm³/mol. The van der Waals surface area contributed by atoms with Gasteiger partial charge >= 0.3 is 0 Å². The number of hydrogen-bond donors (Lipinski definition) is 1. The van der Waals surface area contributed by atoms with Crippen molar-refractivity contribution in [1.29, 1.82) is 0 Å². The summed E-state index contributed by atoms with van der Waals surface area (Å²) in [5, 5.41) is 2.86. The third kappa shape index (κ3) is 8.71. The van der Waals surface area contributed by atoms with Crippen molar-refractivity contribution >= 4 is 15.9 Å². The summed E-state index contributed by atoms with van der Waals surface area (Å²) in [6.07, 6.45) is 4.27. The molecule has 0 fully saturated rings. The Morgan fingerprint density at radius 3 is 2.52 bits per heavy atom. The van der Waals surface area contributed by atoms with Gasteiger partial charge in [0, 0.05) is 26.6 Å². The number of carbonyl (C=O) groups is 1. The highest BCUT2D eigenvalue weighted by Gasteiger charge is 2.11. The molecule has 0 spiro atoms. The minimum atomic E-state index is -3.14. The maximum Gasteiger partial charge on any atom is 0.220 e. The number of sulfonamides is 1. The molecular weight excluding hydrogens is 312 g/mol. The molecule has 6 heteroatoms. The Morgan fingerprint density at radius 1 is 1.26 bits per heavy atom. The zero-order valence-corrected chi connectivity index (χ0v) is 15.1. The van der Waals surface area contributed by atoms with Crippen LogP contribution in [0.25, 0.3) is 0 Å². The smallest absolute Gasteiger partial charge is 0.220 e. The van der Waals surface area contributed by atoms with Crippen molar-refractivity contribution in [2.45, 2.75) is 32.6 Å². The van der Waals surface area contributed by atoms with E-state index in [-0.39, 0.29) is 5.91 Å². The third-order valence-electron chi connectivity index (χ3n) is 3.84. The fourth-order valence-electron chi connectivity index (χ4n) is 2.24. The first kappa shape index (κ1) is 19.6. The van der Waals surface area contributed by atoms with Crippen molar-refractivity contribution in [1.82, 2.24) is 9.62 Å². The first-order chi connectivity index (χ1) is 10.8. The summed E-state index contributed by atoms with van der Waals surface area (Å²) >= 11 is 0. The molecule has 1 N–H and O–H groups in total. The average Bonchev–Trinajstić information content (AvgIpc) is 2.49. The maximum atomic E-state index is 11.9. The molecule has 1 rings (SSSR count). The standard InChI is InChI=1S/C17H28N2O3S/c1-15(10-11-16-8-5-4-6-9-16)14-17(20)18-12-7-13-19(2)23(3,21)22/h4-6,8-9,15H,7,10-14H2,1-3H3,(H,18,20)/t15-/m1/s1. The molecule has 0 unspecified atom stereocenters. The molecule has 23 heavy (non-hydrogen) atoms. The van der Waals surface area contributed by atoms with Crippen LogP contribution in [0.1, 0.15) is 31.7 Å². The lowest BCUT2D eigenvalue weighted by Crippen LogP contribution is -2.31. The number of amides is 1. The molecule has 0 saturated carbocycles. The van der Waals surface area contributed by atoms with Crippen molar-refractivity contribution in [3.8, 4) is 0 Å². The van der Waals surface area contributed by atoms with E-state index in [0.717, 1.165) is 12.8 Å². The van der Waals surface area contributed by atoms with Crippen molar-refractivity contribution in [3.63, 3.8) is 0 Å². The second-order valence-electron chi connectivity index (χ2n) is 6.12. The van der Waals surface area contributed by atoms with Gasteiger partial charge in [-0.3, -0.25) is 4.79 Å². The van der Waals surface area contributed by atoms with Crippen LogP contribution in [0.4, 0.5) is 0 Å². The number of hydrogen-bond acceptors (Lipinski definition) is 3. The van der Waals surface area contributed by atoms with Gasteiger partial charge in [0.2, 0.25) is 15.9 Å². The molecule has 1 aromatic rings. The van der Waals surface area contributed by atoms with Crippen molar-refractivity contribution in [3.05, 3.63) is 35.9 Å². The Balaban J connectivity index is 2.16. The van der Waals surface area contributed by atoms with Gasteiger partial charge in [-0.25, -0.2) is 12.7 Å². The minimum Gasteiger partial charge on any atom is -0.356 e. The summed E-state index contributed by atoms with van der Waals surface area (Å²) in [4.78, 5) is 11.9. The number of nitrogens with zero attached hydrogens (tertiary/aromatic N) is 1.